The van der Waals surface area contributed by atoms with Gasteiger partial charge in [-0.25, -0.2) is 0 Å². The SMILES string of the molecule is C#Cc1ccc(CNC(=O)[C@@H]2C[C@@H](O)CN2C(=O)[C@@H](c2cc(C)no2)C(C)C)cc1. The maximum atomic E-state index is 13.3. The van der Waals surface area contributed by atoms with Crippen LogP contribution in [0.2, 0.25) is 0 Å². The van der Waals surface area contributed by atoms with Gasteiger partial charge in [0.15, 0.2) is 0 Å². The number of likely N-dealkylation sites (tertiary alicyclic amines) is 1. The summed E-state index contributed by atoms with van der Waals surface area (Å²) in [6, 6.07) is 8.32. The van der Waals surface area contributed by atoms with E-state index in [0.717, 1.165) is 11.1 Å². The molecule has 2 amide bonds. The number of carbonyl (C=O) groups is 2. The number of aromatic nitrogens is 1. The lowest BCUT2D eigenvalue weighted by Gasteiger charge is -2.28. The molecule has 30 heavy (non-hydrogen) atoms. The zero-order valence-electron chi connectivity index (χ0n) is 17.5. The van der Waals surface area contributed by atoms with Gasteiger partial charge >= 0.3 is 0 Å². The van der Waals surface area contributed by atoms with Crippen LogP contribution < -0.4 is 5.32 Å². The van der Waals surface area contributed by atoms with Crippen molar-refractivity contribution in [2.24, 2.45) is 5.92 Å². The quantitative estimate of drug-likeness (QED) is 0.712. The minimum atomic E-state index is -0.746. The zero-order valence-corrected chi connectivity index (χ0v) is 17.5. The molecule has 0 bridgehead atoms. The third-order valence-corrected chi connectivity index (χ3v) is 5.34. The molecule has 1 aliphatic rings. The number of rotatable bonds is 6. The van der Waals surface area contributed by atoms with Gasteiger partial charge < -0.3 is 19.8 Å². The fraction of sp³-hybridized carbons (Fsp3) is 0.435. The highest BCUT2D eigenvalue weighted by Gasteiger charge is 2.43. The van der Waals surface area contributed by atoms with E-state index in [4.69, 9.17) is 10.9 Å². The normalized spacial score (nSPS) is 19.5. The fourth-order valence-corrected chi connectivity index (χ4v) is 3.78. The van der Waals surface area contributed by atoms with Crippen molar-refractivity contribution >= 4 is 11.8 Å². The fourth-order valence-electron chi connectivity index (χ4n) is 3.78. The molecule has 0 radical (unpaired) electrons. The van der Waals surface area contributed by atoms with E-state index in [-0.39, 0.29) is 30.7 Å². The summed E-state index contributed by atoms with van der Waals surface area (Å²) in [5, 5.41) is 16.9. The summed E-state index contributed by atoms with van der Waals surface area (Å²) in [6.45, 7) is 6.06. The highest BCUT2D eigenvalue weighted by molar-refractivity contribution is 5.91. The molecule has 2 N–H and O–H groups in total. The molecule has 7 nitrogen and oxygen atoms in total. The second-order valence-corrected chi connectivity index (χ2v) is 8.05. The molecular weight excluding hydrogens is 382 g/mol. The molecule has 0 aliphatic carbocycles. The van der Waals surface area contributed by atoms with Crippen molar-refractivity contribution in [2.75, 3.05) is 6.54 Å². The topological polar surface area (TPSA) is 95.7 Å². The van der Waals surface area contributed by atoms with E-state index in [1.165, 1.54) is 4.90 Å². The number of hydrogen-bond acceptors (Lipinski definition) is 5. The molecule has 1 fully saturated rings. The Hall–Kier alpha value is -3.11. The molecule has 1 aromatic heterocycles. The van der Waals surface area contributed by atoms with Crippen molar-refractivity contribution in [1.29, 1.82) is 0 Å². The van der Waals surface area contributed by atoms with E-state index in [2.05, 4.69) is 16.4 Å². The number of nitrogens with zero attached hydrogens (tertiary/aromatic N) is 2. The zero-order chi connectivity index (χ0) is 21.8. The van der Waals surface area contributed by atoms with Gasteiger partial charge in [-0.1, -0.05) is 37.1 Å². The lowest BCUT2D eigenvalue weighted by Crippen LogP contribution is -2.48. The van der Waals surface area contributed by atoms with Gasteiger partial charge in [-0.3, -0.25) is 9.59 Å². The Morgan fingerprint density at radius 3 is 2.63 bits per heavy atom. The van der Waals surface area contributed by atoms with Crippen molar-refractivity contribution < 1.29 is 19.2 Å². The number of terminal acetylenes is 1. The highest BCUT2D eigenvalue weighted by atomic mass is 16.5. The van der Waals surface area contributed by atoms with Gasteiger partial charge in [0.05, 0.1) is 11.8 Å². The second-order valence-electron chi connectivity index (χ2n) is 8.05. The second kappa shape index (κ2) is 9.14. The lowest BCUT2D eigenvalue weighted by atomic mass is 9.91. The van der Waals surface area contributed by atoms with Crippen molar-refractivity contribution in [3.05, 3.63) is 52.9 Å². The Labute approximate surface area is 176 Å². The molecule has 3 atom stereocenters. The molecule has 0 spiro atoms. The summed E-state index contributed by atoms with van der Waals surface area (Å²) in [6.07, 6.45) is 4.81. The van der Waals surface area contributed by atoms with E-state index < -0.39 is 18.1 Å². The summed E-state index contributed by atoms with van der Waals surface area (Å²) in [5.41, 5.74) is 2.36. The molecule has 2 aromatic rings. The summed E-state index contributed by atoms with van der Waals surface area (Å²) < 4.78 is 5.34. The number of hydrogen-bond donors (Lipinski definition) is 2. The number of β-amino-alcohol motifs (C(OH)–C–C–N with tert-alkyl or cyclic N) is 1. The van der Waals surface area contributed by atoms with Crippen LogP contribution in [0, 0.1) is 25.2 Å². The first-order valence-corrected chi connectivity index (χ1v) is 10.0. The first-order chi connectivity index (χ1) is 14.3. The minimum Gasteiger partial charge on any atom is -0.391 e. The number of aliphatic hydroxyl groups is 1. The Bertz CT molecular complexity index is 942. The summed E-state index contributed by atoms with van der Waals surface area (Å²) in [5.74, 6) is 1.87. The van der Waals surface area contributed by atoms with Crippen LogP contribution >= 0.6 is 0 Å². The third kappa shape index (κ3) is 4.71. The van der Waals surface area contributed by atoms with E-state index in [9.17, 15) is 14.7 Å². The van der Waals surface area contributed by atoms with Crippen LogP contribution in [0.25, 0.3) is 0 Å². The molecule has 1 aromatic carbocycles. The van der Waals surface area contributed by atoms with Crippen LogP contribution in [0.4, 0.5) is 0 Å². The molecule has 158 valence electrons. The van der Waals surface area contributed by atoms with Crippen LogP contribution in [0.1, 0.15) is 48.8 Å². The number of carbonyl (C=O) groups excluding carboxylic acids is 2. The van der Waals surface area contributed by atoms with Gasteiger partial charge in [-0.15, -0.1) is 6.42 Å². The summed E-state index contributed by atoms with van der Waals surface area (Å²) in [4.78, 5) is 27.6. The van der Waals surface area contributed by atoms with Gasteiger partial charge in [0.25, 0.3) is 0 Å². The first kappa shape index (κ1) is 21.6. The van der Waals surface area contributed by atoms with Gasteiger partial charge in [0, 0.05) is 31.1 Å². The van der Waals surface area contributed by atoms with Crippen molar-refractivity contribution in [1.82, 2.24) is 15.4 Å². The summed E-state index contributed by atoms with van der Waals surface area (Å²) in [7, 11) is 0. The third-order valence-electron chi connectivity index (χ3n) is 5.34. The smallest absolute Gasteiger partial charge is 0.243 e. The van der Waals surface area contributed by atoms with Crippen LogP contribution in [0.5, 0.6) is 0 Å². The van der Waals surface area contributed by atoms with Gasteiger partial charge in [-0.05, 0) is 30.5 Å². The van der Waals surface area contributed by atoms with Gasteiger partial charge in [0.2, 0.25) is 11.8 Å². The monoisotopic (exact) mass is 409 g/mol. The molecule has 3 rings (SSSR count). The molecule has 1 aliphatic heterocycles. The predicted octanol–water partition coefficient (Wildman–Crippen LogP) is 1.98. The Morgan fingerprint density at radius 1 is 1.37 bits per heavy atom. The van der Waals surface area contributed by atoms with E-state index in [1.807, 2.05) is 38.1 Å². The molecule has 0 saturated carbocycles. The minimum absolute atomic E-state index is 0.0547. The van der Waals surface area contributed by atoms with Crippen molar-refractivity contribution in [3.8, 4) is 12.3 Å². The highest BCUT2D eigenvalue weighted by Crippen LogP contribution is 2.31. The Morgan fingerprint density at radius 2 is 2.07 bits per heavy atom. The Balaban J connectivity index is 1.72. The molecule has 7 heteroatoms. The number of benzene rings is 1. The van der Waals surface area contributed by atoms with E-state index in [1.54, 1.807) is 13.0 Å². The molecular formula is C23H27N3O4. The van der Waals surface area contributed by atoms with Crippen LogP contribution in [0.3, 0.4) is 0 Å². The van der Waals surface area contributed by atoms with E-state index in [0.29, 0.717) is 18.0 Å². The number of aliphatic hydroxyl groups excluding tert-OH is 1. The standard InChI is InChI=1S/C23H27N3O4/c1-5-16-6-8-17(9-7-16)12-24-22(28)19-11-18(27)13-26(19)23(29)21(14(2)3)20-10-15(4)25-30-20/h1,6-10,14,18-19,21,27H,11-13H2,2-4H3,(H,24,28)/t18-,19+,21-/m1/s1. The predicted molar refractivity (Wildman–Crippen MR) is 111 cm³/mol. The van der Waals surface area contributed by atoms with Crippen molar-refractivity contribution in [2.45, 2.75) is 51.8 Å². The average molecular weight is 409 g/mol. The first-order valence-electron chi connectivity index (χ1n) is 10.0. The van der Waals surface area contributed by atoms with Gasteiger partial charge in [-0.2, -0.15) is 0 Å². The summed E-state index contributed by atoms with van der Waals surface area (Å²) >= 11 is 0. The maximum Gasteiger partial charge on any atom is 0.243 e. The molecule has 2 heterocycles. The molecule has 0 unspecified atom stereocenters. The van der Waals surface area contributed by atoms with Gasteiger partial charge in [0.1, 0.15) is 17.7 Å². The van der Waals surface area contributed by atoms with Crippen LogP contribution in [-0.4, -0.2) is 45.7 Å². The number of amides is 2. The average Bonchev–Trinajstić information content (AvgIpc) is 3.32. The lowest BCUT2D eigenvalue weighted by molar-refractivity contribution is -0.141. The van der Waals surface area contributed by atoms with Crippen LogP contribution in [-0.2, 0) is 16.1 Å². The number of aryl methyl sites for hydroxylation is 1. The Kier molecular flexibility index (Phi) is 6.58. The largest absolute Gasteiger partial charge is 0.391 e. The van der Waals surface area contributed by atoms with Crippen LogP contribution in [0.15, 0.2) is 34.9 Å². The van der Waals surface area contributed by atoms with E-state index >= 15 is 0 Å². The number of nitrogens with one attached hydrogen (secondary N) is 1. The van der Waals surface area contributed by atoms with Crippen molar-refractivity contribution in [3.63, 3.8) is 0 Å². The molecule has 1 saturated heterocycles. The maximum absolute atomic E-state index is 13.3.